The van der Waals surface area contributed by atoms with Gasteiger partial charge in [0.1, 0.15) is 0 Å². The number of carbonyl (C=O) groups is 1. The van der Waals surface area contributed by atoms with E-state index in [9.17, 15) is 24.3 Å². The average Bonchev–Trinajstić information content (AvgIpc) is 2.78. The third-order valence-electron chi connectivity index (χ3n) is 4.95. The van der Waals surface area contributed by atoms with E-state index < -0.39 is 20.0 Å². The van der Waals surface area contributed by atoms with Gasteiger partial charge in [0.15, 0.2) is 6.23 Å². The molecule has 0 aliphatic carbocycles. The minimum Gasteiger partial charge on any atom is -0.478 e. The molecule has 1 unspecified atom stereocenters. The number of phosphoric acid groups is 1. The first kappa shape index (κ1) is 21.7. The molecule has 0 aliphatic rings. The lowest BCUT2D eigenvalue weighted by atomic mass is 9.98. The summed E-state index contributed by atoms with van der Waals surface area (Å²) in [5, 5.41) is 11.3. The van der Waals surface area contributed by atoms with Crippen LogP contribution in [0.2, 0.25) is 0 Å². The Hall–Kier alpha value is -3.48. The first-order chi connectivity index (χ1) is 15.3. The molecular weight excluding hydrogens is 429 g/mol. The monoisotopic (exact) mass is 449 g/mol. The van der Waals surface area contributed by atoms with Crippen molar-refractivity contribution in [2.24, 2.45) is 0 Å². The maximum absolute atomic E-state index is 12.2. The number of phosphoric ester groups is 1. The summed E-state index contributed by atoms with van der Waals surface area (Å²) in [5.41, 5.74) is 1.15. The van der Waals surface area contributed by atoms with Crippen molar-refractivity contribution in [2.75, 3.05) is 4.90 Å². The summed E-state index contributed by atoms with van der Waals surface area (Å²) in [4.78, 5) is 33.2. The number of anilines is 2. The van der Waals surface area contributed by atoms with Crippen molar-refractivity contribution < 1.29 is 28.8 Å². The van der Waals surface area contributed by atoms with Crippen LogP contribution in [-0.4, -0.2) is 20.9 Å². The molecule has 0 aliphatic heterocycles. The smallest absolute Gasteiger partial charge is 0.471 e. The van der Waals surface area contributed by atoms with E-state index in [1.807, 2.05) is 12.1 Å². The van der Waals surface area contributed by atoms with E-state index in [-0.39, 0.29) is 11.1 Å². The molecule has 4 aromatic rings. The van der Waals surface area contributed by atoms with Crippen LogP contribution in [0.25, 0.3) is 10.8 Å². The van der Waals surface area contributed by atoms with Crippen LogP contribution in [0.4, 0.5) is 11.4 Å². The van der Waals surface area contributed by atoms with E-state index in [2.05, 4.69) is 0 Å². The van der Waals surface area contributed by atoms with Crippen LogP contribution in [0, 0.1) is 0 Å². The molecular formula is C24H20NO6P. The van der Waals surface area contributed by atoms with Gasteiger partial charge in [-0.25, -0.2) is 9.36 Å². The van der Waals surface area contributed by atoms with Gasteiger partial charge in [-0.2, -0.15) is 0 Å². The third kappa shape index (κ3) is 4.72. The van der Waals surface area contributed by atoms with Gasteiger partial charge in [0, 0.05) is 16.9 Å². The van der Waals surface area contributed by atoms with Crippen LogP contribution in [0.15, 0.2) is 97.1 Å². The zero-order valence-electron chi connectivity index (χ0n) is 16.8. The zero-order valence-corrected chi connectivity index (χ0v) is 17.7. The zero-order chi connectivity index (χ0) is 22.7. The second-order valence-corrected chi connectivity index (χ2v) is 8.27. The summed E-state index contributed by atoms with van der Waals surface area (Å²) in [6.07, 6.45) is -1.42. The van der Waals surface area contributed by atoms with Crippen LogP contribution >= 0.6 is 7.82 Å². The molecule has 0 bridgehead atoms. The molecule has 7 nitrogen and oxygen atoms in total. The highest BCUT2D eigenvalue weighted by Crippen LogP contribution is 2.48. The fourth-order valence-electron chi connectivity index (χ4n) is 3.62. The van der Waals surface area contributed by atoms with E-state index >= 15 is 0 Å². The number of hydrogen-bond donors (Lipinski definition) is 3. The molecule has 1 atom stereocenters. The Labute approximate surface area is 184 Å². The van der Waals surface area contributed by atoms with Crippen molar-refractivity contribution in [1.82, 2.24) is 0 Å². The Bertz CT molecular complexity index is 1250. The van der Waals surface area contributed by atoms with Gasteiger partial charge in [-0.15, -0.1) is 0 Å². The molecule has 0 radical (unpaired) electrons. The highest BCUT2D eigenvalue weighted by molar-refractivity contribution is 7.46. The summed E-state index contributed by atoms with van der Waals surface area (Å²) in [6.45, 7) is 0. The Morgan fingerprint density at radius 2 is 1.25 bits per heavy atom. The molecule has 0 amide bonds. The first-order valence-electron chi connectivity index (χ1n) is 9.73. The normalized spacial score (nSPS) is 12.4. The topological polar surface area (TPSA) is 107 Å². The van der Waals surface area contributed by atoms with Crippen LogP contribution in [-0.2, 0) is 9.09 Å². The molecule has 0 spiro atoms. The molecule has 4 rings (SSSR count). The van der Waals surface area contributed by atoms with Crippen LogP contribution in [0.5, 0.6) is 0 Å². The van der Waals surface area contributed by atoms with Gasteiger partial charge in [0.25, 0.3) is 0 Å². The van der Waals surface area contributed by atoms with Gasteiger partial charge >= 0.3 is 13.8 Å². The van der Waals surface area contributed by atoms with E-state index in [0.29, 0.717) is 22.1 Å². The van der Waals surface area contributed by atoms with Crippen molar-refractivity contribution in [3.8, 4) is 0 Å². The average molecular weight is 449 g/mol. The molecule has 0 heterocycles. The van der Waals surface area contributed by atoms with Crippen molar-refractivity contribution >= 4 is 35.9 Å². The number of carboxylic acids is 1. The number of hydrogen-bond acceptors (Lipinski definition) is 4. The summed E-state index contributed by atoms with van der Waals surface area (Å²) >= 11 is 0. The van der Waals surface area contributed by atoms with Crippen molar-refractivity contribution in [1.29, 1.82) is 0 Å². The lowest BCUT2D eigenvalue weighted by Crippen LogP contribution is -2.27. The minimum atomic E-state index is -5.03. The lowest BCUT2D eigenvalue weighted by Gasteiger charge is -2.34. The second-order valence-electron chi connectivity index (χ2n) is 7.08. The lowest BCUT2D eigenvalue weighted by molar-refractivity contribution is 0.0687. The van der Waals surface area contributed by atoms with Gasteiger partial charge < -0.3 is 19.8 Å². The molecule has 0 aromatic heterocycles. The maximum Gasteiger partial charge on any atom is 0.471 e. The number of nitrogens with zero attached hydrogens (tertiary/aromatic N) is 1. The quantitative estimate of drug-likeness (QED) is 0.253. The molecule has 4 aromatic carbocycles. The Morgan fingerprint density at radius 3 is 1.72 bits per heavy atom. The number of para-hydroxylation sites is 2. The van der Waals surface area contributed by atoms with Crippen molar-refractivity contribution in [3.05, 3.63) is 108 Å². The number of benzene rings is 4. The minimum absolute atomic E-state index is 0.112. The first-order valence-corrected chi connectivity index (χ1v) is 11.3. The molecule has 3 N–H and O–H groups in total. The summed E-state index contributed by atoms with van der Waals surface area (Å²) in [5.74, 6) is -1.23. The number of carboxylic acid groups (broad SMARTS) is 1. The van der Waals surface area contributed by atoms with E-state index in [1.165, 1.54) is 6.07 Å². The molecule has 162 valence electrons. The van der Waals surface area contributed by atoms with E-state index in [0.717, 1.165) is 0 Å². The SMILES string of the molecule is O=C(O)c1cc2ccccc2cc1C(OP(=O)(O)O)N(c1ccccc1)c1ccccc1. The summed E-state index contributed by atoms with van der Waals surface area (Å²) < 4.78 is 17.3. The predicted octanol–water partition coefficient (Wildman–Crippen LogP) is 5.48. The predicted molar refractivity (Wildman–Crippen MR) is 122 cm³/mol. The van der Waals surface area contributed by atoms with Gasteiger partial charge in [-0.1, -0.05) is 60.7 Å². The molecule has 0 saturated carbocycles. The molecule has 0 fully saturated rings. The highest BCUT2D eigenvalue weighted by atomic mass is 31.2. The van der Waals surface area contributed by atoms with Crippen molar-refractivity contribution in [2.45, 2.75) is 6.23 Å². The summed E-state index contributed by atoms with van der Waals surface area (Å²) in [7, 11) is -5.03. The Morgan fingerprint density at radius 1 is 0.781 bits per heavy atom. The Kier molecular flexibility index (Phi) is 6.08. The highest BCUT2D eigenvalue weighted by Gasteiger charge is 2.33. The maximum atomic E-state index is 12.2. The Balaban J connectivity index is 2.01. The van der Waals surface area contributed by atoms with E-state index in [1.54, 1.807) is 83.8 Å². The second kappa shape index (κ2) is 8.94. The van der Waals surface area contributed by atoms with Crippen LogP contribution in [0.3, 0.4) is 0 Å². The number of fused-ring (bicyclic) bond motifs is 1. The van der Waals surface area contributed by atoms with Gasteiger partial charge in [0.05, 0.1) is 5.56 Å². The molecule has 0 saturated heterocycles. The third-order valence-corrected chi connectivity index (χ3v) is 5.43. The standard InChI is InChI=1S/C24H20NO6P/c26-24(27)22-16-18-10-8-7-9-17(18)15-21(22)23(31-32(28,29)30)25(19-11-3-1-4-12-19)20-13-5-2-6-14-20/h1-16,23H,(H,26,27)(H2,28,29,30). The van der Waals surface area contributed by atoms with E-state index in [4.69, 9.17) is 4.52 Å². The fraction of sp³-hybridized carbons (Fsp3) is 0.0417. The van der Waals surface area contributed by atoms with Gasteiger partial charge in [0.2, 0.25) is 0 Å². The van der Waals surface area contributed by atoms with Gasteiger partial charge in [-0.3, -0.25) is 4.52 Å². The number of rotatable bonds is 7. The molecule has 8 heteroatoms. The van der Waals surface area contributed by atoms with Gasteiger partial charge in [-0.05, 0) is 47.2 Å². The largest absolute Gasteiger partial charge is 0.478 e. The van der Waals surface area contributed by atoms with Crippen LogP contribution < -0.4 is 4.90 Å². The fourth-order valence-corrected chi connectivity index (χ4v) is 4.09. The summed E-state index contributed by atoms with van der Waals surface area (Å²) in [6, 6.07) is 28.0. The molecule has 32 heavy (non-hydrogen) atoms. The number of aromatic carboxylic acids is 1. The van der Waals surface area contributed by atoms with Crippen LogP contribution in [0.1, 0.15) is 22.1 Å². The van der Waals surface area contributed by atoms with Crippen molar-refractivity contribution in [3.63, 3.8) is 0 Å².